The van der Waals surface area contributed by atoms with E-state index in [4.69, 9.17) is 16.3 Å². The minimum Gasteiger partial charge on any atom is -0.489 e. The number of carbonyl (C=O) groups excluding carboxylic acids is 3. The van der Waals surface area contributed by atoms with Gasteiger partial charge in [-0.1, -0.05) is 30.5 Å². The van der Waals surface area contributed by atoms with Crippen molar-refractivity contribution in [3.8, 4) is 5.75 Å². The molecule has 1 aromatic carbocycles. The number of hydrogen-bond acceptors (Lipinski definition) is 5. The third-order valence-electron chi connectivity index (χ3n) is 4.74. The fourth-order valence-corrected chi connectivity index (χ4v) is 4.37. The van der Waals surface area contributed by atoms with Crippen LogP contribution >= 0.6 is 23.4 Å². The Morgan fingerprint density at radius 2 is 1.90 bits per heavy atom. The van der Waals surface area contributed by atoms with Crippen LogP contribution in [0.2, 0.25) is 5.02 Å². The Balaban J connectivity index is 1.69. The van der Waals surface area contributed by atoms with Crippen molar-refractivity contribution in [1.82, 2.24) is 9.80 Å². The van der Waals surface area contributed by atoms with Gasteiger partial charge in [0.05, 0.1) is 16.0 Å². The van der Waals surface area contributed by atoms with Crippen LogP contribution in [0.1, 0.15) is 45.1 Å². The van der Waals surface area contributed by atoms with Crippen LogP contribution in [0.3, 0.4) is 0 Å². The molecular weight excluding hydrogens is 412 g/mol. The van der Waals surface area contributed by atoms with Gasteiger partial charge < -0.3 is 9.64 Å². The second-order valence-electron chi connectivity index (χ2n) is 7.42. The highest BCUT2D eigenvalue weighted by Gasteiger charge is 2.37. The number of nitrogens with zero attached hydrogens (tertiary/aromatic N) is 2. The molecule has 29 heavy (non-hydrogen) atoms. The van der Waals surface area contributed by atoms with Gasteiger partial charge in [0.15, 0.2) is 0 Å². The predicted molar refractivity (Wildman–Crippen MR) is 115 cm³/mol. The van der Waals surface area contributed by atoms with Crippen LogP contribution in [0.4, 0.5) is 4.79 Å². The van der Waals surface area contributed by atoms with Crippen molar-refractivity contribution in [2.75, 3.05) is 19.6 Å². The van der Waals surface area contributed by atoms with Gasteiger partial charge in [0.1, 0.15) is 12.3 Å². The molecule has 0 radical (unpaired) electrons. The molecule has 0 N–H and O–H groups in total. The van der Waals surface area contributed by atoms with E-state index in [-0.39, 0.29) is 23.5 Å². The zero-order valence-corrected chi connectivity index (χ0v) is 18.2. The zero-order chi connectivity index (χ0) is 21.0. The second-order valence-corrected chi connectivity index (χ2v) is 8.82. The topological polar surface area (TPSA) is 66.9 Å². The van der Waals surface area contributed by atoms with Crippen LogP contribution in [0.25, 0.3) is 6.08 Å². The number of imide groups is 1. The maximum Gasteiger partial charge on any atom is 0.294 e. The summed E-state index contributed by atoms with van der Waals surface area (Å²) >= 11 is 7.09. The van der Waals surface area contributed by atoms with Crippen molar-refractivity contribution in [2.45, 2.75) is 45.6 Å². The highest BCUT2D eigenvalue weighted by molar-refractivity contribution is 8.18. The number of thioether (sulfide) groups is 1. The van der Waals surface area contributed by atoms with Gasteiger partial charge in [-0.15, -0.1) is 0 Å². The summed E-state index contributed by atoms with van der Waals surface area (Å²) < 4.78 is 5.61. The van der Waals surface area contributed by atoms with Crippen molar-refractivity contribution >= 4 is 46.5 Å². The molecule has 0 aromatic heterocycles. The van der Waals surface area contributed by atoms with E-state index in [0.717, 1.165) is 42.3 Å². The van der Waals surface area contributed by atoms with E-state index in [1.807, 2.05) is 13.8 Å². The summed E-state index contributed by atoms with van der Waals surface area (Å²) in [5.41, 5.74) is 0.690. The fourth-order valence-electron chi connectivity index (χ4n) is 3.30. The highest BCUT2D eigenvalue weighted by Crippen LogP contribution is 2.34. The summed E-state index contributed by atoms with van der Waals surface area (Å²) in [6, 6.07) is 5.21. The molecule has 2 fully saturated rings. The molecule has 8 heteroatoms. The number of rotatable bonds is 5. The maximum atomic E-state index is 12.7. The van der Waals surface area contributed by atoms with E-state index >= 15 is 0 Å². The molecule has 3 rings (SSSR count). The van der Waals surface area contributed by atoms with Crippen LogP contribution in [-0.2, 0) is 9.59 Å². The predicted octanol–water partition coefficient (Wildman–Crippen LogP) is 4.57. The van der Waals surface area contributed by atoms with E-state index in [1.54, 1.807) is 29.2 Å². The minimum absolute atomic E-state index is 0.00316. The molecule has 1 aromatic rings. The molecule has 0 atom stereocenters. The average molecular weight is 437 g/mol. The molecule has 156 valence electrons. The summed E-state index contributed by atoms with van der Waals surface area (Å²) in [4.78, 5) is 40.6. The third kappa shape index (κ3) is 5.54. The van der Waals surface area contributed by atoms with Crippen molar-refractivity contribution in [3.05, 3.63) is 33.7 Å². The molecule has 2 heterocycles. The summed E-state index contributed by atoms with van der Waals surface area (Å²) in [6.07, 6.45) is 5.76. The maximum absolute atomic E-state index is 12.7. The number of halogens is 1. The van der Waals surface area contributed by atoms with E-state index in [9.17, 15) is 14.4 Å². The van der Waals surface area contributed by atoms with Gasteiger partial charge >= 0.3 is 0 Å². The van der Waals surface area contributed by atoms with Crippen LogP contribution in [-0.4, -0.2) is 52.6 Å². The quantitative estimate of drug-likeness (QED) is 0.632. The standard InChI is InChI=1S/C21H25ClN2O4S/c1-14(2)28-17-8-7-15(11-16(17)22)12-18-20(26)24(21(27)29-18)13-19(25)23-9-5-3-4-6-10-23/h7-8,11-12,14H,3-6,9-10,13H2,1-2H3. The largest absolute Gasteiger partial charge is 0.489 e. The van der Waals surface area contributed by atoms with E-state index < -0.39 is 11.1 Å². The van der Waals surface area contributed by atoms with Crippen molar-refractivity contribution < 1.29 is 19.1 Å². The van der Waals surface area contributed by atoms with Crippen LogP contribution < -0.4 is 4.74 Å². The summed E-state index contributed by atoms with van der Waals surface area (Å²) in [5, 5.41) is 0.0123. The van der Waals surface area contributed by atoms with Crippen LogP contribution in [0.15, 0.2) is 23.1 Å². The lowest BCUT2D eigenvalue weighted by molar-refractivity contribution is -0.135. The van der Waals surface area contributed by atoms with Crippen molar-refractivity contribution in [3.63, 3.8) is 0 Å². The van der Waals surface area contributed by atoms with Crippen molar-refractivity contribution in [2.24, 2.45) is 0 Å². The van der Waals surface area contributed by atoms with Gasteiger partial charge in [-0.2, -0.15) is 0 Å². The Morgan fingerprint density at radius 3 is 2.52 bits per heavy atom. The summed E-state index contributed by atoms with van der Waals surface area (Å²) in [6.45, 7) is 4.99. The molecule has 0 spiro atoms. The number of likely N-dealkylation sites (tertiary alicyclic amines) is 1. The van der Waals surface area contributed by atoms with Gasteiger partial charge in [-0.25, -0.2) is 0 Å². The van der Waals surface area contributed by atoms with Gasteiger partial charge in [-0.05, 0) is 62.2 Å². The molecule has 6 nitrogen and oxygen atoms in total. The van der Waals surface area contributed by atoms with Gasteiger partial charge in [0.25, 0.3) is 11.1 Å². The number of benzene rings is 1. The summed E-state index contributed by atoms with van der Waals surface area (Å²) in [7, 11) is 0. The molecule has 2 aliphatic rings. The number of ether oxygens (including phenoxy) is 1. The SMILES string of the molecule is CC(C)Oc1ccc(C=C2SC(=O)N(CC(=O)N3CCCCCC3)C2=O)cc1Cl. The molecule has 0 aliphatic carbocycles. The lowest BCUT2D eigenvalue weighted by Gasteiger charge is -2.22. The minimum atomic E-state index is -0.443. The Bertz CT molecular complexity index is 832. The van der Waals surface area contributed by atoms with Crippen molar-refractivity contribution in [1.29, 1.82) is 0 Å². The van der Waals surface area contributed by atoms with Gasteiger partial charge in [0, 0.05) is 13.1 Å². The Hall–Kier alpha value is -1.99. The van der Waals surface area contributed by atoms with E-state index in [1.165, 1.54) is 0 Å². The Kier molecular flexibility index (Phi) is 7.24. The third-order valence-corrected chi connectivity index (χ3v) is 5.94. The first-order chi connectivity index (χ1) is 13.8. The number of amides is 3. The smallest absolute Gasteiger partial charge is 0.294 e. The summed E-state index contributed by atoms with van der Waals surface area (Å²) in [5.74, 6) is -0.0505. The molecule has 0 saturated carbocycles. The lowest BCUT2D eigenvalue weighted by atomic mass is 10.2. The molecule has 0 unspecified atom stereocenters. The van der Waals surface area contributed by atoms with E-state index in [2.05, 4.69) is 0 Å². The number of carbonyl (C=O) groups is 3. The van der Waals surface area contributed by atoms with Gasteiger partial charge in [-0.3, -0.25) is 19.3 Å². The second kappa shape index (κ2) is 9.67. The Morgan fingerprint density at radius 1 is 1.21 bits per heavy atom. The van der Waals surface area contributed by atoms with Crippen LogP contribution in [0, 0.1) is 0 Å². The molecule has 0 bridgehead atoms. The van der Waals surface area contributed by atoms with Crippen LogP contribution in [0.5, 0.6) is 5.75 Å². The highest BCUT2D eigenvalue weighted by atomic mass is 35.5. The first kappa shape index (κ1) is 21.7. The zero-order valence-electron chi connectivity index (χ0n) is 16.7. The first-order valence-corrected chi connectivity index (χ1v) is 11.0. The molecule has 2 saturated heterocycles. The molecule has 2 aliphatic heterocycles. The number of hydrogen-bond donors (Lipinski definition) is 0. The monoisotopic (exact) mass is 436 g/mol. The average Bonchev–Trinajstić information content (AvgIpc) is 2.87. The fraction of sp³-hybridized carbons (Fsp3) is 0.476. The first-order valence-electron chi connectivity index (χ1n) is 9.84. The molecule has 3 amide bonds. The van der Waals surface area contributed by atoms with E-state index in [0.29, 0.717) is 29.4 Å². The molecular formula is C21H25ClN2O4S. The van der Waals surface area contributed by atoms with Gasteiger partial charge in [0.2, 0.25) is 5.91 Å². The Labute approximate surface area is 180 Å². The lowest BCUT2D eigenvalue weighted by Crippen LogP contribution is -2.42. The normalized spacial score (nSPS) is 19.2.